The van der Waals surface area contributed by atoms with Gasteiger partial charge in [0, 0.05) is 29.6 Å². The predicted molar refractivity (Wildman–Crippen MR) is 126 cm³/mol. The minimum Gasteiger partial charge on any atom is -0.339 e. The van der Waals surface area contributed by atoms with Crippen molar-refractivity contribution in [1.82, 2.24) is 29.9 Å². The van der Waals surface area contributed by atoms with Crippen LogP contribution in [0.1, 0.15) is 46.1 Å². The molecule has 9 heteroatoms. The quantitative estimate of drug-likeness (QED) is 0.500. The van der Waals surface area contributed by atoms with E-state index in [1.165, 1.54) is 0 Å². The monoisotopic (exact) mass is 462 g/mol. The Kier molecular flexibility index (Phi) is 5.68. The molecule has 2 aromatic carbocycles. The average molecular weight is 463 g/mol. The molecule has 5 rings (SSSR count). The van der Waals surface area contributed by atoms with Gasteiger partial charge >= 0.3 is 0 Å². The van der Waals surface area contributed by atoms with Gasteiger partial charge in [-0.15, -0.1) is 5.10 Å². The van der Waals surface area contributed by atoms with Crippen molar-refractivity contribution in [2.75, 3.05) is 13.1 Å². The van der Waals surface area contributed by atoms with Crippen LogP contribution in [0.4, 0.5) is 0 Å². The van der Waals surface area contributed by atoms with Gasteiger partial charge in [0.25, 0.3) is 11.5 Å². The van der Waals surface area contributed by atoms with Crippen LogP contribution in [0, 0.1) is 6.92 Å². The standard InChI is InChI=1S/C24H23ClN6O2/c1-15-6-2-4-8-18(15)24(33)30-12-10-16(11-13-30)21-26-22-20(23(32)27-21)28-29-31(22)14-17-7-3-5-9-19(17)25/h2-9,16H,10-14H2,1H3,(H,26,27,32). The highest BCUT2D eigenvalue weighted by atomic mass is 35.5. The molecule has 168 valence electrons. The van der Waals surface area contributed by atoms with Crippen molar-refractivity contribution in [2.45, 2.75) is 32.2 Å². The molecule has 4 aromatic rings. The van der Waals surface area contributed by atoms with Crippen molar-refractivity contribution >= 4 is 28.7 Å². The zero-order valence-electron chi connectivity index (χ0n) is 18.2. The summed E-state index contributed by atoms with van der Waals surface area (Å²) in [6.07, 6.45) is 1.44. The summed E-state index contributed by atoms with van der Waals surface area (Å²) in [5, 5.41) is 8.77. The number of piperidine rings is 1. The summed E-state index contributed by atoms with van der Waals surface area (Å²) in [5.74, 6) is 0.704. The van der Waals surface area contributed by atoms with Gasteiger partial charge in [0.05, 0.1) is 6.54 Å². The smallest absolute Gasteiger partial charge is 0.281 e. The van der Waals surface area contributed by atoms with Gasteiger partial charge in [-0.25, -0.2) is 9.67 Å². The fraction of sp³-hybridized carbons (Fsp3) is 0.292. The van der Waals surface area contributed by atoms with Crippen LogP contribution in [0.25, 0.3) is 11.2 Å². The van der Waals surface area contributed by atoms with Crippen LogP contribution < -0.4 is 5.56 Å². The number of aromatic amines is 1. The van der Waals surface area contributed by atoms with Gasteiger partial charge in [0.2, 0.25) is 0 Å². The molecule has 3 heterocycles. The minimum atomic E-state index is -0.307. The van der Waals surface area contributed by atoms with Crippen LogP contribution >= 0.6 is 11.6 Å². The lowest BCUT2D eigenvalue weighted by Gasteiger charge is -2.31. The Morgan fingerprint density at radius 3 is 2.61 bits per heavy atom. The predicted octanol–water partition coefficient (Wildman–Crippen LogP) is 3.54. The molecule has 0 spiro atoms. The fourth-order valence-electron chi connectivity index (χ4n) is 4.31. The SMILES string of the molecule is Cc1ccccc1C(=O)N1CCC(c2nc3c(nnn3Cc3ccccc3Cl)c(=O)[nH]2)CC1. The number of aromatic nitrogens is 5. The van der Waals surface area contributed by atoms with E-state index in [4.69, 9.17) is 16.6 Å². The van der Waals surface area contributed by atoms with Crippen molar-refractivity contribution in [2.24, 2.45) is 0 Å². The molecule has 1 saturated heterocycles. The molecule has 0 radical (unpaired) electrons. The molecule has 1 fully saturated rings. The maximum atomic E-state index is 12.9. The van der Waals surface area contributed by atoms with Gasteiger partial charge in [-0.2, -0.15) is 0 Å². The van der Waals surface area contributed by atoms with E-state index in [1.54, 1.807) is 4.68 Å². The van der Waals surface area contributed by atoms with Crippen molar-refractivity contribution in [3.8, 4) is 0 Å². The molecular formula is C24H23ClN6O2. The zero-order chi connectivity index (χ0) is 22.9. The summed E-state index contributed by atoms with van der Waals surface area (Å²) in [5.41, 5.74) is 2.92. The molecule has 0 atom stereocenters. The number of halogens is 1. The van der Waals surface area contributed by atoms with E-state index in [2.05, 4.69) is 15.3 Å². The maximum absolute atomic E-state index is 12.9. The number of amides is 1. The van der Waals surface area contributed by atoms with Crippen molar-refractivity contribution in [1.29, 1.82) is 0 Å². The summed E-state index contributed by atoms with van der Waals surface area (Å²) in [7, 11) is 0. The first-order valence-corrected chi connectivity index (χ1v) is 11.3. The van der Waals surface area contributed by atoms with Crippen LogP contribution in [-0.2, 0) is 6.54 Å². The fourth-order valence-corrected chi connectivity index (χ4v) is 4.51. The van der Waals surface area contributed by atoms with E-state index in [0.717, 1.165) is 29.5 Å². The first-order chi connectivity index (χ1) is 16.0. The van der Waals surface area contributed by atoms with Gasteiger partial charge in [-0.3, -0.25) is 9.59 Å². The summed E-state index contributed by atoms with van der Waals surface area (Å²) in [6, 6.07) is 15.1. The maximum Gasteiger partial charge on any atom is 0.281 e. The van der Waals surface area contributed by atoms with Gasteiger partial charge in [-0.1, -0.05) is 53.2 Å². The lowest BCUT2D eigenvalue weighted by Crippen LogP contribution is -2.38. The topological polar surface area (TPSA) is 96.8 Å². The van der Waals surface area contributed by atoms with Crippen LogP contribution in [0.3, 0.4) is 0 Å². The number of rotatable bonds is 4. The second kappa shape index (κ2) is 8.78. The number of nitrogens with zero attached hydrogens (tertiary/aromatic N) is 5. The van der Waals surface area contributed by atoms with Gasteiger partial charge in [-0.05, 0) is 43.0 Å². The molecular weight excluding hydrogens is 440 g/mol. The van der Waals surface area contributed by atoms with Crippen molar-refractivity contribution < 1.29 is 4.79 Å². The number of hydrogen-bond donors (Lipinski definition) is 1. The van der Waals surface area contributed by atoms with E-state index in [0.29, 0.717) is 36.1 Å². The summed E-state index contributed by atoms with van der Waals surface area (Å²) in [4.78, 5) is 35.1. The molecule has 0 unspecified atom stereocenters. The second-order valence-corrected chi connectivity index (χ2v) is 8.75. The lowest BCUT2D eigenvalue weighted by molar-refractivity contribution is 0.0710. The molecule has 8 nitrogen and oxygen atoms in total. The van der Waals surface area contributed by atoms with Crippen LogP contribution in [0.15, 0.2) is 53.3 Å². The summed E-state index contributed by atoms with van der Waals surface area (Å²) >= 11 is 6.29. The van der Waals surface area contributed by atoms with Crippen molar-refractivity contribution in [3.05, 3.63) is 86.4 Å². The summed E-state index contributed by atoms with van der Waals surface area (Å²) in [6.45, 7) is 3.53. The zero-order valence-corrected chi connectivity index (χ0v) is 18.9. The number of H-pyrrole nitrogens is 1. The van der Waals surface area contributed by atoms with Crippen LogP contribution in [0.5, 0.6) is 0 Å². The molecule has 0 aliphatic carbocycles. The van der Waals surface area contributed by atoms with Crippen LogP contribution in [0.2, 0.25) is 5.02 Å². The van der Waals surface area contributed by atoms with E-state index in [9.17, 15) is 9.59 Å². The summed E-state index contributed by atoms with van der Waals surface area (Å²) < 4.78 is 1.60. The van der Waals surface area contributed by atoms with E-state index in [-0.39, 0.29) is 22.9 Å². The third-order valence-corrected chi connectivity index (χ3v) is 6.58. The van der Waals surface area contributed by atoms with E-state index < -0.39 is 0 Å². The van der Waals surface area contributed by atoms with Gasteiger partial charge in [0.1, 0.15) is 5.82 Å². The Morgan fingerprint density at radius 1 is 1.12 bits per heavy atom. The first-order valence-electron chi connectivity index (χ1n) is 10.9. The number of fused-ring (bicyclic) bond motifs is 1. The lowest BCUT2D eigenvalue weighted by atomic mass is 9.95. The number of hydrogen-bond acceptors (Lipinski definition) is 5. The number of carbonyl (C=O) groups excluding carboxylic acids is 1. The van der Waals surface area contributed by atoms with E-state index >= 15 is 0 Å². The molecule has 0 bridgehead atoms. The largest absolute Gasteiger partial charge is 0.339 e. The third-order valence-electron chi connectivity index (χ3n) is 6.21. The molecule has 2 aromatic heterocycles. The highest BCUT2D eigenvalue weighted by Crippen LogP contribution is 2.27. The van der Waals surface area contributed by atoms with Crippen LogP contribution in [-0.4, -0.2) is 48.9 Å². The molecule has 1 aliphatic rings. The number of likely N-dealkylation sites (tertiary alicyclic amines) is 1. The molecule has 33 heavy (non-hydrogen) atoms. The van der Waals surface area contributed by atoms with Gasteiger partial charge in [0.15, 0.2) is 11.2 Å². The molecule has 1 N–H and O–H groups in total. The normalized spacial score (nSPS) is 14.7. The number of nitrogens with one attached hydrogen (secondary N) is 1. The third kappa shape index (κ3) is 4.14. The highest BCUT2D eigenvalue weighted by molar-refractivity contribution is 6.31. The Bertz CT molecular complexity index is 1390. The Morgan fingerprint density at radius 2 is 1.85 bits per heavy atom. The number of aryl methyl sites for hydroxylation is 1. The highest BCUT2D eigenvalue weighted by Gasteiger charge is 2.27. The average Bonchev–Trinajstić information content (AvgIpc) is 3.24. The minimum absolute atomic E-state index is 0.0467. The number of carbonyl (C=O) groups is 1. The first kappa shape index (κ1) is 21.3. The Labute approximate surface area is 195 Å². The molecule has 1 amide bonds. The van der Waals surface area contributed by atoms with Gasteiger partial charge < -0.3 is 9.88 Å². The Hall–Kier alpha value is -3.52. The number of benzene rings is 2. The van der Waals surface area contributed by atoms with Crippen molar-refractivity contribution in [3.63, 3.8) is 0 Å². The second-order valence-electron chi connectivity index (χ2n) is 8.34. The Balaban J connectivity index is 1.36. The molecule has 0 saturated carbocycles. The molecule has 1 aliphatic heterocycles. The van der Waals surface area contributed by atoms with E-state index in [1.807, 2.05) is 60.4 Å².